The van der Waals surface area contributed by atoms with Gasteiger partial charge in [-0.1, -0.05) is 35.5 Å². The molecule has 0 saturated heterocycles. The van der Waals surface area contributed by atoms with Crippen molar-refractivity contribution in [3.05, 3.63) is 53.9 Å². The number of aromatic amines is 1. The van der Waals surface area contributed by atoms with E-state index in [0.29, 0.717) is 18.0 Å². The molecular weight excluding hydrogens is 306 g/mol. The highest BCUT2D eigenvalue weighted by Crippen LogP contribution is 2.21. The molecule has 1 aromatic carbocycles. The lowest BCUT2D eigenvalue weighted by atomic mass is 10.2. The van der Waals surface area contributed by atoms with Crippen LogP contribution in [0.1, 0.15) is 18.3 Å². The highest BCUT2D eigenvalue weighted by Gasteiger charge is 2.12. The van der Waals surface area contributed by atoms with E-state index >= 15 is 0 Å². The minimum absolute atomic E-state index is 0.0619. The van der Waals surface area contributed by atoms with Crippen LogP contribution in [-0.4, -0.2) is 27.4 Å². The van der Waals surface area contributed by atoms with Crippen LogP contribution in [0.2, 0.25) is 0 Å². The second-order valence-electron chi connectivity index (χ2n) is 5.69. The summed E-state index contributed by atoms with van der Waals surface area (Å²) in [6, 6.07) is 12.8. The molecule has 3 N–H and O–H groups in total. The van der Waals surface area contributed by atoms with E-state index in [2.05, 4.69) is 26.0 Å². The number of rotatable bonds is 5. The number of hydrogen-bond donors (Lipinski definition) is 3. The fourth-order valence-electron chi connectivity index (χ4n) is 2.39. The Morgan fingerprint density at radius 1 is 1.29 bits per heavy atom. The summed E-state index contributed by atoms with van der Waals surface area (Å²) in [5.41, 5.74) is 2.81. The maximum Gasteiger partial charge on any atom is 0.320 e. The Morgan fingerprint density at radius 3 is 2.79 bits per heavy atom. The van der Waals surface area contributed by atoms with E-state index in [1.165, 1.54) is 0 Å². The van der Waals surface area contributed by atoms with Crippen LogP contribution < -0.4 is 10.6 Å². The second kappa shape index (κ2) is 6.99. The van der Waals surface area contributed by atoms with Gasteiger partial charge in [0.15, 0.2) is 11.6 Å². The zero-order valence-corrected chi connectivity index (χ0v) is 13.5. The first-order chi connectivity index (χ1) is 11.6. The molecule has 0 unspecified atom stereocenters. The molecule has 7 heteroatoms. The molecule has 0 fully saturated rings. The van der Waals surface area contributed by atoms with E-state index in [4.69, 9.17) is 4.52 Å². The van der Waals surface area contributed by atoms with Gasteiger partial charge in [0, 0.05) is 29.8 Å². The summed E-state index contributed by atoms with van der Waals surface area (Å²) in [6.07, 6.45) is 0.645. The maximum absolute atomic E-state index is 12.0. The summed E-state index contributed by atoms with van der Waals surface area (Å²) in [5.74, 6) is 0.972. The molecule has 2 aromatic heterocycles. The van der Waals surface area contributed by atoms with Gasteiger partial charge in [0.05, 0.1) is 5.69 Å². The number of amides is 2. The Hall–Kier alpha value is -3.09. The van der Waals surface area contributed by atoms with Gasteiger partial charge in [0.1, 0.15) is 0 Å². The van der Waals surface area contributed by atoms with Crippen molar-refractivity contribution in [1.82, 2.24) is 20.7 Å². The predicted octanol–water partition coefficient (Wildman–Crippen LogP) is 3.13. The van der Waals surface area contributed by atoms with Gasteiger partial charge in [-0.25, -0.2) is 4.79 Å². The van der Waals surface area contributed by atoms with E-state index in [1.54, 1.807) is 6.07 Å². The zero-order chi connectivity index (χ0) is 16.9. The van der Waals surface area contributed by atoms with Gasteiger partial charge in [-0.3, -0.25) is 10.4 Å². The van der Waals surface area contributed by atoms with Gasteiger partial charge in [-0.2, -0.15) is 5.10 Å². The zero-order valence-electron chi connectivity index (χ0n) is 13.5. The van der Waals surface area contributed by atoms with Crippen molar-refractivity contribution in [2.75, 3.05) is 5.32 Å². The summed E-state index contributed by atoms with van der Waals surface area (Å²) in [7, 11) is 0. The highest BCUT2D eigenvalue weighted by molar-refractivity contribution is 5.88. The maximum atomic E-state index is 12.0. The second-order valence-corrected chi connectivity index (χ2v) is 5.69. The number of anilines is 1. The van der Waals surface area contributed by atoms with Crippen molar-refractivity contribution in [3.63, 3.8) is 0 Å². The third-order valence-corrected chi connectivity index (χ3v) is 3.46. The van der Waals surface area contributed by atoms with Crippen LogP contribution in [0, 0.1) is 6.92 Å². The first-order valence-electron chi connectivity index (χ1n) is 7.70. The fraction of sp³-hybridized carbons (Fsp3) is 0.235. The Bertz CT molecular complexity index is 809. The smallest absolute Gasteiger partial charge is 0.320 e. The van der Waals surface area contributed by atoms with Gasteiger partial charge in [0.25, 0.3) is 0 Å². The van der Waals surface area contributed by atoms with Gasteiger partial charge in [-0.05, 0) is 19.9 Å². The number of carbonyl (C=O) groups is 1. The van der Waals surface area contributed by atoms with Gasteiger partial charge >= 0.3 is 6.03 Å². The number of H-pyrrole nitrogens is 1. The molecule has 3 aromatic rings. The summed E-state index contributed by atoms with van der Waals surface area (Å²) in [4.78, 5) is 12.0. The van der Waals surface area contributed by atoms with Crippen LogP contribution in [0.5, 0.6) is 0 Å². The number of benzene rings is 1. The molecule has 0 radical (unpaired) electrons. The van der Waals surface area contributed by atoms with Crippen molar-refractivity contribution in [3.8, 4) is 11.3 Å². The number of nitrogens with one attached hydrogen (secondary N) is 3. The minimum Gasteiger partial charge on any atom is -0.354 e. The summed E-state index contributed by atoms with van der Waals surface area (Å²) in [6.45, 7) is 3.86. The number of urea groups is 1. The summed E-state index contributed by atoms with van der Waals surface area (Å²) in [5, 5.41) is 16.4. The lowest BCUT2D eigenvalue weighted by molar-refractivity contribution is 0.249. The van der Waals surface area contributed by atoms with E-state index in [0.717, 1.165) is 17.0 Å². The fourth-order valence-corrected chi connectivity index (χ4v) is 2.39. The number of hydrogen-bond acceptors (Lipinski definition) is 4. The lowest BCUT2D eigenvalue weighted by Crippen LogP contribution is -2.37. The van der Waals surface area contributed by atoms with Crippen LogP contribution in [0.4, 0.5) is 10.6 Å². The standard InChI is InChI=1S/C17H19N5O2/c1-11(8-14-9-12(2)20-21-14)18-17(23)19-16-10-15(24-22-16)13-6-4-3-5-7-13/h3-7,9-11H,8H2,1-2H3,(H,20,21)(H2,18,19,22,23)/t11-/m0/s1. The quantitative estimate of drug-likeness (QED) is 0.671. The summed E-state index contributed by atoms with van der Waals surface area (Å²) < 4.78 is 5.25. The average molecular weight is 325 g/mol. The molecular formula is C17H19N5O2. The molecule has 0 aliphatic heterocycles. The van der Waals surface area contributed by atoms with Crippen LogP contribution in [0.15, 0.2) is 47.0 Å². The molecule has 124 valence electrons. The summed E-state index contributed by atoms with van der Waals surface area (Å²) >= 11 is 0. The van der Waals surface area contributed by atoms with E-state index < -0.39 is 0 Å². The van der Waals surface area contributed by atoms with Crippen molar-refractivity contribution in [2.45, 2.75) is 26.3 Å². The molecule has 7 nitrogen and oxygen atoms in total. The molecule has 24 heavy (non-hydrogen) atoms. The van der Waals surface area contributed by atoms with E-state index in [-0.39, 0.29) is 12.1 Å². The third-order valence-electron chi connectivity index (χ3n) is 3.46. The Kier molecular flexibility index (Phi) is 4.60. The molecule has 0 saturated carbocycles. The van der Waals surface area contributed by atoms with E-state index in [1.807, 2.05) is 50.2 Å². The number of carbonyl (C=O) groups excluding carboxylic acids is 1. The Balaban J connectivity index is 1.54. The van der Waals surface area contributed by atoms with Crippen molar-refractivity contribution < 1.29 is 9.32 Å². The number of nitrogens with zero attached hydrogens (tertiary/aromatic N) is 2. The van der Waals surface area contributed by atoms with Gasteiger partial charge < -0.3 is 9.84 Å². The molecule has 0 bridgehead atoms. The normalized spacial score (nSPS) is 11.9. The largest absolute Gasteiger partial charge is 0.354 e. The number of aromatic nitrogens is 3. The van der Waals surface area contributed by atoms with Crippen LogP contribution in [0.25, 0.3) is 11.3 Å². The van der Waals surface area contributed by atoms with Crippen molar-refractivity contribution in [1.29, 1.82) is 0 Å². The Morgan fingerprint density at radius 2 is 2.08 bits per heavy atom. The molecule has 0 aliphatic carbocycles. The van der Waals surface area contributed by atoms with Crippen LogP contribution >= 0.6 is 0 Å². The molecule has 2 heterocycles. The molecule has 0 spiro atoms. The molecule has 1 atom stereocenters. The molecule has 2 amide bonds. The monoisotopic (exact) mass is 325 g/mol. The van der Waals surface area contributed by atoms with Crippen LogP contribution in [0.3, 0.4) is 0 Å². The number of aryl methyl sites for hydroxylation is 1. The third kappa shape index (κ3) is 4.01. The lowest BCUT2D eigenvalue weighted by Gasteiger charge is -2.12. The van der Waals surface area contributed by atoms with Gasteiger partial charge in [-0.15, -0.1) is 0 Å². The first kappa shape index (κ1) is 15.8. The minimum atomic E-state index is -0.331. The topological polar surface area (TPSA) is 95.8 Å². The Labute approximate surface area is 139 Å². The predicted molar refractivity (Wildman–Crippen MR) is 90.6 cm³/mol. The van der Waals surface area contributed by atoms with Crippen LogP contribution in [-0.2, 0) is 6.42 Å². The molecule has 3 rings (SSSR count). The average Bonchev–Trinajstić information content (AvgIpc) is 3.17. The van der Waals surface area contributed by atoms with Crippen molar-refractivity contribution >= 4 is 11.8 Å². The van der Waals surface area contributed by atoms with E-state index in [9.17, 15) is 4.79 Å². The SMILES string of the molecule is Cc1cc(C[C@H](C)NC(=O)Nc2cc(-c3ccccc3)on2)n[nH]1. The molecule has 0 aliphatic rings. The van der Waals surface area contributed by atoms with Gasteiger partial charge in [0.2, 0.25) is 0 Å². The first-order valence-corrected chi connectivity index (χ1v) is 7.70. The highest BCUT2D eigenvalue weighted by atomic mass is 16.5. The van der Waals surface area contributed by atoms with Crippen molar-refractivity contribution in [2.24, 2.45) is 0 Å².